The lowest BCUT2D eigenvalue weighted by Crippen LogP contribution is -2.15. The molecule has 0 unspecified atom stereocenters. The van der Waals surface area contributed by atoms with Gasteiger partial charge in [-0.05, 0) is 14.1 Å². The number of carboxylic acids is 1. The molecular formula is C7H16NO3P. The highest BCUT2D eigenvalue weighted by atomic mass is 31.1. The van der Waals surface area contributed by atoms with E-state index in [9.17, 15) is 9.36 Å². The molecule has 0 aliphatic rings. The van der Waals surface area contributed by atoms with E-state index in [1.165, 1.54) is 0 Å². The van der Waals surface area contributed by atoms with Crippen molar-refractivity contribution >= 4 is 14.4 Å². The lowest BCUT2D eigenvalue weighted by atomic mass is 10.4. The van der Waals surface area contributed by atoms with Crippen LogP contribution in [-0.2, 0) is 9.36 Å². The number of nitrogens with zero attached hydrogens (tertiary/aromatic N) is 1. The van der Waals surface area contributed by atoms with Crippen LogP contribution in [0.25, 0.3) is 0 Å². The first-order valence-corrected chi connectivity index (χ1v) is 4.70. The molecule has 0 atom stereocenters. The Morgan fingerprint density at radius 2 is 1.92 bits per heavy atom. The molecule has 0 rings (SSSR count). The summed E-state index contributed by atoms with van der Waals surface area (Å²) in [4.78, 5) is 11.7. The van der Waals surface area contributed by atoms with Crippen molar-refractivity contribution in [2.45, 2.75) is 13.3 Å². The Balaban J connectivity index is 0. The zero-order valence-electron chi connectivity index (χ0n) is 7.78. The van der Waals surface area contributed by atoms with Gasteiger partial charge in [-0.2, -0.15) is 0 Å². The van der Waals surface area contributed by atoms with Gasteiger partial charge in [0.1, 0.15) is 0 Å². The van der Waals surface area contributed by atoms with E-state index in [-0.39, 0.29) is 14.9 Å². The van der Waals surface area contributed by atoms with Crippen LogP contribution in [-0.4, -0.2) is 42.8 Å². The summed E-state index contributed by atoms with van der Waals surface area (Å²) in [6.45, 7) is 2.48. The summed E-state index contributed by atoms with van der Waals surface area (Å²) < 4.78 is 9.27. The van der Waals surface area contributed by atoms with Gasteiger partial charge < -0.3 is 10.0 Å². The summed E-state index contributed by atoms with van der Waals surface area (Å²) in [5, 5.41) is 8.14. The minimum atomic E-state index is -0.737. The molecule has 0 aliphatic carbocycles. The van der Waals surface area contributed by atoms with E-state index in [1.807, 2.05) is 25.9 Å². The molecule has 12 heavy (non-hydrogen) atoms. The van der Waals surface area contributed by atoms with E-state index >= 15 is 0 Å². The molecule has 0 radical (unpaired) electrons. The zero-order valence-corrected chi connectivity index (χ0v) is 8.67. The quantitative estimate of drug-likeness (QED) is 0.684. The molecule has 1 N–H and O–H groups in total. The topological polar surface area (TPSA) is 57.6 Å². The maximum atomic E-state index is 9.88. The molecule has 0 bridgehead atoms. The minimum Gasteiger partial charge on any atom is -0.481 e. The van der Waals surface area contributed by atoms with Gasteiger partial charge in [-0.15, -0.1) is 0 Å². The van der Waals surface area contributed by atoms with Crippen molar-refractivity contribution < 1.29 is 14.5 Å². The van der Waals surface area contributed by atoms with Gasteiger partial charge in [0.25, 0.3) is 0 Å². The Labute approximate surface area is 74.8 Å². The van der Waals surface area contributed by atoms with Crippen LogP contribution in [0.2, 0.25) is 0 Å². The number of aliphatic carboxylic acids is 1. The average molecular weight is 193 g/mol. The molecule has 0 saturated carbocycles. The van der Waals surface area contributed by atoms with E-state index < -0.39 is 5.97 Å². The van der Waals surface area contributed by atoms with Gasteiger partial charge in [0, 0.05) is 12.7 Å². The van der Waals surface area contributed by atoms with Crippen LogP contribution in [0.1, 0.15) is 13.3 Å². The second-order valence-electron chi connectivity index (χ2n) is 2.39. The third-order valence-corrected chi connectivity index (χ3v) is 1.16. The zero-order chi connectivity index (χ0) is 9.98. The standard InChI is InChI=1S/C5H11NO2.C2H5OP/c1-6(2)4-3-5(7)8;1-2-4-3/h3-4H2,1-2H3,(H,7,8);2H2,1H3. The van der Waals surface area contributed by atoms with Crippen LogP contribution in [0, 0.1) is 0 Å². The van der Waals surface area contributed by atoms with Crippen molar-refractivity contribution in [3.05, 3.63) is 0 Å². The van der Waals surface area contributed by atoms with Gasteiger partial charge in [-0.25, -0.2) is 0 Å². The van der Waals surface area contributed by atoms with Gasteiger partial charge in [0.2, 0.25) is 0 Å². The predicted molar refractivity (Wildman–Crippen MR) is 49.0 cm³/mol. The fraction of sp³-hybridized carbons (Fsp3) is 0.857. The highest BCUT2D eigenvalue weighted by Gasteiger charge is 1.95. The van der Waals surface area contributed by atoms with Gasteiger partial charge in [-0.1, -0.05) is 6.92 Å². The first-order chi connectivity index (χ1) is 5.54. The van der Waals surface area contributed by atoms with Crippen LogP contribution >= 0.6 is 8.46 Å². The summed E-state index contributed by atoms with van der Waals surface area (Å²) in [7, 11) is 3.95. The Kier molecular flexibility index (Phi) is 12.4. The van der Waals surface area contributed by atoms with Crippen LogP contribution in [0.4, 0.5) is 0 Å². The molecule has 0 heterocycles. The van der Waals surface area contributed by atoms with Crippen molar-refractivity contribution in [3.8, 4) is 0 Å². The maximum absolute atomic E-state index is 9.88. The fourth-order valence-electron chi connectivity index (χ4n) is 0.319. The van der Waals surface area contributed by atoms with Gasteiger partial charge in [0.15, 0.2) is 8.46 Å². The van der Waals surface area contributed by atoms with Gasteiger partial charge >= 0.3 is 5.97 Å². The van der Waals surface area contributed by atoms with Crippen LogP contribution in [0.5, 0.6) is 0 Å². The molecule has 72 valence electrons. The average Bonchev–Trinajstić information content (AvgIpc) is 2.01. The second-order valence-corrected chi connectivity index (χ2v) is 3.28. The van der Waals surface area contributed by atoms with Crippen molar-refractivity contribution in [2.75, 3.05) is 26.8 Å². The lowest BCUT2D eigenvalue weighted by molar-refractivity contribution is -0.137. The monoisotopic (exact) mass is 193 g/mol. The highest BCUT2D eigenvalue weighted by molar-refractivity contribution is 7.23. The van der Waals surface area contributed by atoms with Crippen molar-refractivity contribution in [3.63, 3.8) is 0 Å². The predicted octanol–water partition coefficient (Wildman–Crippen LogP) is 1.32. The van der Waals surface area contributed by atoms with Crippen molar-refractivity contribution in [2.24, 2.45) is 0 Å². The Hall–Kier alpha value is -0.470. The molecule has 0 aliphatic heterocycles. The molecule has 0 aromatic rings. The largest absolute Gasteiger partial charge is 0.481 e. The van der Waals surface area contributed by atoms with Crippen LogP contribution < -0.4 is 0 Å². The fourth-order valence-corrected chi connectivity index (χ4v) is 0.319. The smallest absolute Gasteiger partial charge is 0.304 e. The van der Waals surface area contributed by atoms with E-state index in [1.54, 1.807) is 0 Å². The number of carbonyl (C=O) groups is 1. The van der Waals surface area contributed by atoms with Crippen molar-refractivity contribution in [1.29, 1.82) is 0 Å². The molecule has 0 aromatic heterocycles. The Bertz CT molecular complexity index is 128. The molecule has 0 saturated heterocycles. The third-order valence-electron chi connectivity index (χ3n) is 0.902. The van der Waals surface area contributed by atoms with E-state index in [4.69, 9.17) is 5.11 Å². The van der Waals surface area contributed by atoms with E-state index in [2.05, 4.69) is 0 Å². The van der Waals surface area contributed by atoms with Gasteiger partial charge in [-0.3, -0.25) is 9.36 Å². The number of carboxylic acid groups (broad SMARTS) is 1. The lowest BCUT2D eigenvalue weighted by Gasteiger charge is -2.04. The van der Waals surface area contributed by atoms with Crippen LogP contribution in [0.15, 0.2) is 0 Å². The number of rotatable bonds is 4. The summed E-state index contributed by atoms with van der Waals surface area (Å²) in [6.07, 6.45) is 0.965. The summed E-state index contributed by atoms with van der Waals surface area (Å²) in [5.74, 6) is -0.737. The first-order valence-electron chi connectivity index (χ1n) is 3.70. The molecular weight excluding hydrogens is 177 g/mol. The molecule has 4 nitrogen and oxygen atoms in total. The van der Waals surface area contributed by atoms with Crippen molar-refractivity contribution in [1.82, 2.24) is 4.90 Å². The third kappa shape index (κ3) is 22.7. The Morgan fingerprint density at radius 1 is 1.50 bits per heavy atom. The molecule has 0 fully saturated rings. The normalized spacial score (nSPS) is 9.33. The minimum absolute atomic E-state index is 0.229. The Morgan fingerprint density at radius 3 is 2.00 bits per heavy atom. The summed E-state index contributed by atoms with van der Waals surface area (Å²) in [6, 6.07) is 0. The summed E-state index contributed by atoms with van der Waals surface area (Å²) >= 11 is 0. The molecule has 0 amide bonds. The summed E-state index contributed by atoms with van der Waals surface area (Å²) in [5.41, 5.74) is 0. The first kappa shape index (κ1) is 14.1. The SMILES string of the molecule is CCP=O.CN(C)CCC(=O)O. The van der Waals surface area contributed by atoms with E-state index in [0.29, 0.717) is 6.54 Å². The molecule has 0 spiro atoms. The highest BCUT2D eigenvalue weighted by Crippen LogP contribution is 1.82. The second kappa shape index (κ2) is 10.5. The van der Waals surface area contributed by atoms with Crippen LogP contribution in [0.3, 0.4) is 0 Å². The van der Waals surface area contributed by atoms with Gasteiger partial charge in [0.05, 0.1) is 6.42 Å². The maximum Gasteiger partial charge on any atom is 0.304 e. The molecule has 0 aromatic carbocycles. The van der Waals surface area contributed by atoms with E-state index in [0.717, 1.165) is 6.16 Å². The molecule has 5 heteroatoms. The number of hydrogen-bond acceptors (Lipinski definition) is 3. The number of hydrogen-bond donors (Lipinski definition) is 1.